The smallest absolute Gasteiger partial charge is 0.297 e. The van der Waals surface area contributed by atoms with Crippen molar-refractivity contribution in [3.63, 3.8) is 0 Å². The van der Waals surface area contributed by atoms with E-state index in [4.69, 9.17) is 0 Å². The molecule has 7 nitrogen and oxygen atoms in total. The molecule has 2 aromatic carbocycles. The molecule has 0 fully saturated rings. The summed E-state index contributed by atoms with van der Waals surface area (Å²) in [6.45, 7) is 5.89. The van der Waals surface area contributed by atoms with Crippen molar-refractivity contribution in [2.75, 3.05) is 5.32 Å². The van der Waals surface area contributed by atoms with E-state index < -0.39 is 0 Å². The summed E-state index contributed by atoms with van der Waals surface area (Å²) in [5.41, 5.74) is 3.16. The Labute approximate surface area is 161 Å². The van der Waals surface area contributed by atoms with Crippen LogP contribution in [0.25, 0.3) is 16.7 Å². The van der Waals surface area contributed by atoms with Crippen molar-refractivity contribution < 1.29 is 4.79 Å². The second-order valence-corrected chi connectivity index (χ2v) is 7.17. The number of anilines is 1. The molecule has 0 bridgehead atoms. The lowest BCUT2D eigenvalue weighted by Crippen LogP contribution is -2.29. The number of carbonyl (C=O) groups excluding carboxylic acids is 1. The molecule has 1 N–H and O–H groups in total. The van der Waals surface area contributed by atoms with Crippen LogP contribution in [-0.2, 0) is 11.3 Å². The van der Waals surface area contributed by atoms with Gasteiger partial charge in [0.05, 0.1) is 11.0 Å². The van der Waals surface area contributed by atoms with Crippen LogP contribution in [0.5, 0.6) is 0 Å². The molecule has 28 heavy (non-hydrogen) atoms. The number of aryl methyl sites for hydroxylation is 1. The van der Waals surface area contributed by atoms with Gasteiger partial charge in [-0.05, 0) is 31.2 Å². The van der Waals surface area contributed by atoms with E-state index in [1.807, 2.05) is 69.3 Å². The third-order valence-electron chi connectivity index (χ3n) is 4.69. The van der Waals surface area contributed by atoms with Gasteiger partial charge in [-0.25, -0.2) is 0 Å². The Bertz CT molecular complexity index is 1240. The van der Waals surface area contributed by atoms with E-state index in [0.717, 1.165) is 16.9 Å². The molecular formula is C21H21N5O2. The molecule has 0 atom stereocenters. The highest BCUT2D eigenvalue weighted by molar-refractivity contribution is 5.91. The van der Waals surface area contributed by atoms with Gasteiger partial charge in [0.1, 0.15) is 12.4 Å². The van der Waals surface area contributed by atoms with Gasteiger partial charge in [-0.3, -0.25) is 18.6 Å². The van der Waals surface area contributed by atoms with Crippen LogP contribution < -0.4 is 10.9 Å². The van der Waals surface area contributed by atoms with E-state index in [1.54, 1.807) is 4.40 Å². The molecule has 0 unspecified atom stereocenters. The van der Waals surface area contributed by atoms with Crippen molar-refractivity contribution in [3.8, 4) is 0 Å². The summed E-state index contributed by atoms with van der Waals surface area (Å²) in [4.78, 5) is 25.7. The second kappa shape index (κ2) is 6.92. The average molecular weight is 375 g/mol. The van der Waals surface area contributed by atoms with Gasteiger partial charge in [0.25, 0.3) is 5.56 Å². The van der Waals surface area contributed by atoms with Gasteiger partial charge in [-0.1, -0.05) is 43.7 Å². The first-order chi connectivity index (χ1) is 13.5. The standard InChI is InChI=1S/C21H21N5O2/c1-13(2)19-23-24-20-21(28)25(16-6-4-5-7-17(16)26(19)20)12-18(27)22-15-10-8-14(3)9-11-15/h4-11,13H,12H2,1-3H3,(H,22,27). The Morgan fingerprint density at radius 2 is 1.71 bits per heavy atom. The zero-order valence-electron chi connectivity index (χ0n) is 16.0. The molecule has 0 aliphatic rings. The summed E-state index contributed by atoms with van der Waals surface area (Å²) in [5.74, 6) is 0.558. The fourth-order valence-corrected chi connectivity index (χ4v) is 3.30. The lowest BCUT2D eigenvalue weighted by atomic mass is 10.2. The van der Waals surface area contributed by atoms with E-state index in [2.05, 4.69) is 15.5 Å². The van der Waals surface area contributed by atoms with Crippen LogP contribution in [0.4, 0.5) is 5.69 Å². The molecule has 0 saturated heterocycles. The third kappa shape index (κ3) is 3.05. The molecule has 0 radical (unpaired) electrons. The van der Waals surface area contributed by atoms with Gasteiger partial charge < -0.3 is 5.32 Å². The summed E-state index contributed by atoms with van der Waals surface area (Å²) in [5, 5.41) is 11.1. The summed E-state index contributed by atoms with van der Waals surface area (Å²) in [7, 11) is 0. The predicted octanol–water partition coefficient (Wildman–Crippen LogP) is 3.11. The van der Waals surface area contributed by atoms with Gasteiger partial charge in [0.2, 0.25) is 11.6 Å². The largest absolute Gasteiger partial charge is 0.325 e. The molecular weight excluding hydrogens is 354 g/mol. The summed E-state index contributed by atoms with van der Waals surface area (Å²) in [6.07, 6.45) is 0. The average Bonchev–Trinajstić information content (AvgIpc) is 3.13. The van der Waals surface area contributed by atoms with Crippen LogP contribution in [-0.4, -0.2) is 25.1 Å². The minimum absolute atomic E-state index is 0.104. The second-order valence-electron chi connectivity index (χ2n) is 7.17. The Kier molecular flexibility index (Phi) is 4.43. The zero-order valence-corrected chi connectivity index (χ0v) is 16.0. The van der Waals surface area contributed by atoms with Gasteiger partial charge >= 0.3 is 0 Å². The van der Waals surface area contributed by atoms with E-state index >= 15 is 0 Å². The number of amides is 1. The fraction of sp³-hybridized carbons (Fsp3) is 0.238. The lowest BCUT2D eigenvalue weighted by Gasteiger charge is -2.13. The topological polar surface area (TPSA) is 81.3 Å². The molecule has 0 aliphatic carbocycles. The lowest BCUT2D eigenvalue weighted by molar-refractivity contribution is -0.116. The third-order valence-corrected chi connectivity index (χ3v) is 4.69. The number of aromatic nitrogens is 4. The number of nitrogens with zero attached hydrogens (tertiary/aromatic N) is 4. The molecule has 4 rings (SSSR count). The minimum atomic E-state index is -0.336. The molecule has 2 aromatic heterocycles. The van der Waals surface area contributed by atoms with Crippen LogP contribution in [0.3, 0.4) is 0 Å². The normalized spacial score (nSPS) is 11.4. The summed E-state index contributed by atoms with van der Waals surface area (Å²) >= 11 is 0. The Morgan fingerprint density at radius 1 is 1.04 bits per heavy atom. The van der Waals surface area contributed by atoms with Crippen LogP contribution in [0.2, 0.25) is 0 Å². The van der Waals surface area contributed by atoms with Gasteiger partial charge in [0.15, 0.2) is 0 Å². The number of para-hydroxylation sites is 2. The first-order valence-corrected chi connectivity index (χ1v) is 9.19. The van der Waals surface area contributed by atoms with E-state index in [-0.39, 0.29) is 29.6 Å². The number of carbonyl (C=O) groups is 1. The number of fused-ring (bicyclic) bond motifs is 3. The molecule has 2 heterocycles. The van der Waals surface area contributed by atoms with Crippen LogP contribution in [0.1, 0.15) is 31.2 Å². The molecule has 1 amide bonds. The van der Waals surface area contributed by atoms with Crippen molar-refractivity contribution in [2.45, 2.75) is 33.2 Å². The highest BCUT2D eigenvalue weighted by Crippen LogP contribution is 2.19. The van der Waals surface area contributed by atoms with Crippen molar-refractivity contribution in [3.05, 3.63) is 70.3 Å². The first kappa shape index (κ1) is 17.9. The maximum atomic E-state index is 13.1. The Balaban J connectivity index is 1.80. The molecule has 142 valence electrons. The van der Waals surface area contributed by atoms with Crippen molar-refractivity contribution in [2.24, 2.45) is 0 Å². The molecule has 7 heteroatoms. The number of rotatable bonds is 4. The maximum absolute atomic E-state index is 13.1. The quantitative estimate of drug-likeness (QED) is 0.594. The van der Waals surface area contributed by atoms with Gasteiger partial charge in [-0.15, -0.1) is 10.2 Å². The van der Waals surface area contributed by atoms with Crippen molar-refractivity contribution in [1.82, 2.24) is 19.2 Å². The summed E-state index contributed by atoms with van der Waals surface area (Å²) < 4.78 is 3.24. The zero-order chi connectivity index (χ0) is 19.8. The maximum Gasteiger partial charge on any atom is 0.297 e. The highest BCUT2D eigenvalue weighted by Gasteiger charge is 2.19. The van der Waals surface area contributed by atoms with Crippen LogP contribution in [0, 0.1) is 6.92 Å². The molecule has 4 aromatic rings. The van der Waals surface area contributed by atoms with E-state index in [0.29, 0.717) is 11.2 Å². The Hall–Kier alpha value is -3.48. The van der Waals surface area contributed by atoms with Crippen LogP contribution >= 0.6 is 0 Å². The fourth-order valence-electron chi connectivity index (χ4n) is 3.30. The van der Waals surface area contributed by atoms with E-state index in [1.165, 1.54) is 4.57 Å². The van der Waals surface area contributed by atoms with Crippen LogP contribution in [0.15, 0.2) is 53.3 Å². The van der Waals surface area contributed by atoms with Crippen molar-refractivity contribution >= 4 is 28.3 Å². The van der Waals surface area contributed by atoms with E-state index in [9.17, 15) is 9.59 Å². The van der Waals surface area contributed by atoms with Gasteiger partial charge in [-0.2, -0.15) is 0 Å². The molecule has 0 aliphatic heterocycles. The number of hydrogen-bond acceptors (Lipinski definition) is 4. The first-order valence-electron chi connectivity index (χ1n) is 9.19. The number of hydrogen-bond donors (Lipinski definition) is 1. The van der Waals surface area contributed by atoms with Gasteiger partial charge in [0, 0.05) is 11.6 Å². The monoisotopic (exact) mass is 375 g/mol. The minimum Gasteiger partial charge on any atom is -0.325 e. The van der Waals surface area contributed by atoms with Crippen molar-refractivity contribution in [1.29, 1.82) is 0 Å². The molecule has 0 saturated carbocycles. The SMILES string of the molecule is Cc1ccc(NC(=O)Cn2c(=O)c3nnc(C(C)C)n3c3ccccc32)cc1. The molecule has 0 spiro atoms. The number of nitrogens with one attached hydrogen (secondary N) is 1. The Morgan fingerprint density at radius 3 is 2.39 bits per heavy atom. The highest BCUT2D eigenvalue weighted by atomic mass is 16.2. The summed E-state index contributed by atoms with van der Waals surface area (Å²) in [6, 6.07) is 15.0. The number of benzene rings is 2. The predicted molar refractivity (Wildman–Crippen MR) is 109 cm³/mol.